The number of ether oxygens (including phenoxy) is 1. The highest BCUT2D eigenvalue weighted by molar-refractivity contribution is 5.37. The molecule has 0 bridgehead atoms. The fourth-order valence-electron chi connectivity index (χ4n) is 7.25. The van der Waals surface area contributed by atoms with Crippen molar-refractivity contribution in [2.75, 3.05) is 0 Å². The van der Waals surface area contributed by atoms with E-state index in [1.54, 1.807) is 6.92 Å². The Labute approximate surface area is 267 Å². The Bertz CT molecular complexity index is 1360. The summed E-state index contributed by atoms with van der Waals surface area (Å²) in [6.07, 6.45) is 28.5. The minimum atomic E-state index is -1.05. The molecule has 0 aromatic carbocycles. The number of aliphatic hydroxyl groups is 3. The van der Waals surface area contributed by atoms with E-state index in [1.807, 2.05) is 37.3 Å². The van der Waals surface area contributed by atoms with Crippen LogP contribution in [0.4, 0.5) is 0 Å². The van der Waals surface area contributed by atoms with Gasteiger partial charge in [0.2, 0.25) is 0 Å². The van der Waals surface area contributed by atoms with Crippen LogP contribution in [0.5, 0.6) is 0 Å². The van der Waals surface area contributed by atoms with Crippen molar-refractivity contribution in [1.82, 2.24) is 0 Å². The maximum atomic E-state index is 10.9. The first kappa shape index (κ1) is 35.8. The van der Waals surface area contributed by atoms with E-state index in [4.69, 9.17) is 4.74 Å². The molecule has 4 nitrogen and oxygen atoms in total. The number of hydrogen-bond donors (Lipinski definition) is 3. The van der Waals surface area contributed by atoms with Crippen LogP contribution in [0, 0.1) is 10.8 Å². The lowest BCUT2D eigenvalue weighted by atomic mass is 9.63. The summed E-state index contributed by atoms with van der Waals surface area (Å²) in [4.78, 5) is 0. The van der Waals surface area contributed by atoms with E-state index >= 15 is 0 Å². The van der Waals surface area contributed by atoms with Gasteiger partial charge < -0.3 is 20.1 Å². The Hall–Kier alpha value is -2.72. The van der Waals surface area contributed by atoms with Gasteiger partial charge in [0.05, 0.1) is 17.8 Å². The predicted octanol–water partition coefficient (Wildman–Crippen LogP) is 8.72. The van der Waals surface area contributed by atoms with Crippen LogP contribution in [0.25, 0.3) is 0 Å². The lowest BCUT2D eigenvalue weighted by molar-refractivity contribution is -0.0268. The van der Waals surface area contributed by atoms with E-state index in [0.29, 0.717) is 19.3 Å². The third kappa shape index (κ3) is 8.71. The van der Waals surface area contributed by atoms with Gasteiger partial charge in [0, 0.05) is 23.8 Å². The highest BCUT2D eigenvalue weighted by atomic mass is 16.6. The highest BCUT2D eigenvalue weighted by Gasteiger charge is 2.74. The van der Waals surface area contributed by atoms with Gasteiger partial charge in [-0.3, -0.25) is 0 Å². The van der Waals surface area contributed by atoms with Crippen molar-refractivity contribution in [3.63, 3.8) is 0 Å². The molecule has 1 heterocycles. The molecule has 0 amide bonds. The quantitative estimate of drug-likeness (QED) is 0.141. The van der Waals surface area contributed by atoms with Crippen molar-refractivity contribution in [2.45, 2.75) is 124 Å². The molecule has 0 aromatic heterocycles. The molecule has 1 saturated heterocycles. The number of rotatable bonds is 9. The third-order valence-electron chi connectivity index (χ3n) is 9.39. The summed E-state index contributed by atoms with van der Waals surface area (Å²) in [5.41, 5.74) is 6.63. The van der Waals surface area contributed by atoms with Crippen LogP contribution in [-0.2, 0) is 4.74 Å². The predicted molar refractivity (Wildman–Crippen MR) is 184 cm³/mol. The van der Waals surface area contributed by atoms with Crippen molar-refractivity contribution in [3.05, 3.63) is 113 Å². The SMILES string of the molecule is C/C(C=C=C1C(C)(C)C[C@H](O)C[C@@]1(C)O)=C/C=C/C(C)=C/C=C/C=C(C)/C=C/C=C(C)\C=C\[C@@]12O[C@]1(C)C[C@@H](O)CC2(C)C. The van der Waals surface area contributed by atoms with Gasteiger partial charge in [-0.2, -0.15) is 0 Å². The van der Waals surface area contributed by atoms with E-state index in [0.717, 1.165) is 34.3 Å². The molecule has 5 atom stereocenters. The topological polar surface area (TPSA) is 73.2 Å². The fourth-order valence-corrected chi connectivity index (χ4v) is 7.25. The summed E-state index contributed by atoms with van der Waals surface area (Å²) in [7, 11) is 0. The molecular formula is C40H56O4. The zero-order chi connectivity index (χ0) is 33.0. The Morgan fingerprint density at radius 3 is 1.73 bits per heavy atom. The van der Waals surface area contributed by atoms with Crippen molar-refractivity contribution in [1.29, 1.82) is 0 Å². The Kier molecular flexibility index (Phi) is 11.2. The Balaban J connectivity index is 1.53. The molecule has 0 unspecified atom stereocenters. The number of hydrogen-bond acceptors (Lipinski definition) is 4. The molecule has 3 rings (SSSR count). The molecule has 240 valence electrons. The lowest BCUT2D eigenvalue weighted by Crippen LogP contribution is -2.46. The van der Waals surface area contributed by atoms with Gasteiger partial charge in [0.1, 0.15) is 11.2 Å². The largest absolute Gasteiger partial charge is 0.393 e. The van der Waals surface area contributed by atoms with E-state index < -0.39 is 11.7 Å². The molecule has 2 saturated carbocycles. The molecule has 0 spiro atoms. The van der Waals surface area contributed by atoms with Crippen molar-refractivity contribution >= 4 is 0 Å². The van der Waals surface area contributed by atoms with Gasteiger partial charge in [-0.25, -0.2) is 0 Å². The minimum Gasteiger partial charge on any atom is -0.393 e. The van der Waals surface area contributed by atoms with Crippen LogP contribution in [0.3, 0.4) is 0 Å². The number of allylic oxidation sites excluding steroid dienone is 15. The van der Waals surface area contributed by atoms with Crippen LogP contribution in [0.1, 0.15) is 94.9 Å². The molecule has 0 radical (unpaired) electrons. The summed E-state index contributed by atoms with van der Waals surface area (Å²) >= 11 is 0. The van der Waals surface area contributed by atoms with Gasteiger partial charge in [0.15, 0.2) is 0 Å². The Morgan fingerprint density at radius 1 is 0.682 bits per heavy atom. The summed E-state index contributed by atoms with van der Waals surface area (Å²) < 4.78 is 6.24. The van der Waals surface area contributed by atoms with Crippen molar-refractivity contribution in [3.8, 4) is 0 Å². The van der Waals surface area contributed by atoms with Gasteiger partial charge in [-0.15, -0.1) is 5.73 Å². The summed E-state index contributed by atoms with van der Waals surface area (Å²) in [5, 5.41) is 31.2. The van der Waals surface area contributed by atoms with Crippen LogP contribution in [0.2, 0.25) is 0 Å². The summed E-state index contributed by atoms with van der Waals surface area (Å²) in [6, 6.07) is 0. The highest BCUT2D eigenvalue weighted by Crippen LogP contribution is 2.66. The molecule has 0 aromatic rings. The van der Waals surface area contributed by atoms with E-state index in [-0.39, 0.29) is 28.1 Å². The van der Waals surface area contributed by atoms with Gasteiger partial charge in [-0.05, 0) is 77.5 Å². The van der Waals surface area contributed by atoms with Crippen LogP contribution in [0.15, 0.2) is 113 Å². The second-order valence-corrected chi connectivity index (χ2v) is 15.0. The monoisotopic (exact) mass is 600 g/mol. The number of aliphatic hydroxyl groups excluding tert-OH is 2. The van der Waals surface area contributed by atoms with Crippen LogP contribution < -0.4 is 0 Å². The van der Waals surface area contributed by atoms with Crippen LogP contribution >= 0.6 is 0 Å². The molecule has 1 aliphatic heterocycles. The molecule has 44 heavy (non-hydrogen) atoms. The average molecular weight is 601 g/mol. The second-order valence-electron chi connectivity index (χ2n) is 15.0. The van der Waals surface area contributed by atoms with Gasteiger partial charge >= 0.3 is 0 Å². The third-order valence-corrected chi connectivity index (χ3v) is 9.39. The van der Waals surface area contributed by atoms with Crippen molar-refractivity contribution in [2.24, 2.45) is 10.8 Å². The zero-order valence-corrected chi connectivity index (χ0v) is 28.7. The molecule has 4 heteroatoms. The van der Waals surface area contributed by atoms with Gasteiger partial charge in [-0.1, -0.05) is 111 Å². The normalized spacial score (nSPS) is 34.7. The zero-order valence-electron chi connectivity index (χ0n) is 28.7. The van der Waals surface area contributed by atoms with E-state index in [1.165, 1.54) is 0 Å². The standard InChI is InChI=1S/C40H56O4/c1-29(17-13-19-31(3)21-22-35-36(5,6)25-33(41)27-38(35,9)43)15-11-12-16-30(2)18-14-20-32(4)23-24-40-37(7,8)26-34(42)28-39(40,10)44-40/h11-21,23-24,33-34,41-43H,25-28H2,1-10H3/b12-11+,17-13+,18-14+,24-23+,29-15+,30-16+,31-19-,32-20-/t22?,33-,34-,38+,39+,40-/m0/s1. The first-order valence-corrected chi connectivity index (χ1v) is 16.0. The minimum absolute atomic E-state index is 0.103. The lowest BCUT2D eigenvalue weighted by Gasteiger charge is -2.43. The van der Waals surface area contributed by atoms with E-state index in [9.17, 15) is 15.3 Å². The Morgan fingerprint density at radius 2 is 1.18 bits per heavy atom. The maximum absolute atomic E-state index is 10.9. The smallest absolute Gasteiger partial charge is 0.121 e. The maximum Gasteiger partial charge on any atom is 0.121 e. The summed E-state index contributed by atoms with van der Waals surface area (Å²) in [6.45, 7) is 20.6. The van der Waals surface area contributed by atoms with Gasteiger partial charge in [0.25, 0.3) is 0 Å². The molecular weight excluding hydrogens is 544 g/mol. The van der Waals surface area contributed by atoms with E-state index in [2.05, 4.69) is 110 Å². The number of fused-ring (bicyclic) bond motifs is 1. The average Bonchev–Trinajstić information content (AvgIpc) is 3.49. The van der Waals surface area contributed by atoms with Crippen LogP contribution in [-0.4, -0.2) is 44.3 Å². The number of epoxide rings is 1. The fraction of sp³-hybridized carbons (Fsp3) is 0.525. The second kappa shape index (κ2) is 13.7. The molecule has 3 fully saturated rings. The summed E-state index contributed by atoms with van der Waals surface area (Å²) in [5.74, 6) is 0. The molecule has 3 aliphatic rings. The van der Waals surface area contributed by atoms with Crippen molar-refractivity contribution < 1.29 is 20.1 Å². The first-order chi connectivity index (χ1) is 20.3. The first-order valence-electron chi connectivity index (χ1n) is 16.0. The molecule has 3 N–H and O–H groups in total. The molecule has 2 aliphatic carbocycles.